The maximum absolute atomic E-state index is 13.8. The Bertz CT molecular complexity index is 891. The van der Waals surface area contributed by atoms with Crippen molar-refractivity contribution in [1.29, 1.82) is 0 Å². The van der Waals surface area contributed by atoms with Gasteiger partial charge in [-0.2, -0.15) is 0 Å². The second-order valence-corrected chi connectivity index (χ2v) is 7.41. The van der Waals surface area contributed by atoms with E-state index in [1.54, 1.807) is 12.1 Å². The predicted molar refractivity (Wildman–Crippen MR) is 111 cm³/mol. The Morgan fingerprint density at radius 1 is 1.21 bits per heavy atom. The Balaban J connectivity index is 1.56. The second kappa shape index (κ2) is 9.24. The molecule has 1 unspecified atom stereocenters. The van der Waals surface area contributed by atoms with Gasteiger partial charge in [0.2, 0.25) is 5.91 Å². The van der Waals surface area contributed by atoms with E-state index < -0.39 is 5.82 Å². The summed E-state index contributed by atoms with van der Waals surface area (Å²) < 4.78 is 18.5. The molecular weight excluding hydrogens is 397 g/mol. The molecule has 1 N–H and O–H groups in total. The molecule has 0 bridgehead atoms. The van der Waals surface area contributed by atoms with Crippen LogP contribution < -0.4 is 10.2 Å². The average molecular weight is 420 g/mol. The number of piperazine rings is 1. The molecule has 1 fully saturated rings. The van der Waals surface area contributed by atoms with Crippen molar-refractivity contribution in [2.45, 2.75) is 13.0 Å². The first kappa shape index (κ1) is 21.1. The Labute approximate surface area is 174 Å². The molecule has 0 radical (unpaired) electrons. The van der Waals surface area contributed by atoms with Crippen LogP contribution in [0.15, 0.2) is 42.5 Å². The molecule has 1 aliphatic heterocycles. The van der Waals surface area contributed by atoms with Crippen molar-refractivity contribution in [2.75, 3.05) is 43.5 Å². The summed E-state index contributed by atoms with van der Waals surface area (Å²) in [5.41, 5.74) is 1.60. The number of methoxy groups -OCH3 is 1. The number of ether oxygens (including phenoxy) is 1. The zero-order chi connectivity index (χ0) is 21.0. The molecule has 1 saturated heterocycles. The van der Waals surface area contributed by atoms with Crippen LogP contribution in [-0.4, -0.2) is 56.1 Å². The normalized spacial score (nSPS) is 17.1. The molecular formula is C21H23ClFN3O3. The summed E-state index contributed by atoms with van der Waals surface area (Å²) in [5.74, 6) is -1.16. The van der Waals surface area contributed by atoms with Gasteiger partial charge in [-0.1, -0.05) is 11.6 Å². The molecule has 0 aliphatic carbocycles. The second-order valence-electron chi connectivity index (χ2n) is 6.98. The van der Waals surface area contributed by atoms with Gasteiger partial charge in [0.1, 0.15) is 5.82 Å². The molecule has 1 amide bonds. The van der Waals surface area contributed by atoms with Crippen LogP contribution >= 0.6 is 11.6 Å². The quantitative estimate of drug-likeness (QED) is 0.752. The van der Waals surface area contributed by atoms with Gasteiger partial charge in [0.05, 0.1) is 24.9 Å². The summed E-state index contributed by atoms with van der Waals surface area (Å²) in [7, 11) is 1.36. The number of benzene rings is 2. The smallest absolute Gasteiger partial charge is 0.337 e. The third kappa shape index (κ3) is 5.25. The number of esters is 1. The molecule has 2 aromatic carbocycles. The van der Waals surface area contributed by atoms with Crippen molar-refractivity contribution in [3.63, 3.8) is 0 Å². The van der Waals surface area contributed by atoms with E-state index in [2.05, 4.69) is 15.1 Å². The van der Waals surface area contributed by atoms with Crippen LogP contribution in [0.3, 0.4) is 0 Å². The highest BCUT2D eigenvalue weighted by molar-refractivity contribution is 6.30. The molecule has 0 saturated carbocycles. The number of carbonyl (C=O) groups excluding carboxylic acids is 2. The van der Waals surface area contributed by atoms with Crippen LogP contribution in [0.2, 0.25) is 5.02 Å². The van der Waals surface area contributed by atoms with E-state index in [9.17, 15) is 14.0 Å². The van der Waals surface area contributed by atoms with Gasteiger partial charge >= 0.3 is 5.97 Å². The van der Waals surface area contributed by atoms with Gasteiger partial charge in [-0.05, 0) is 49.4 Å². The van der Waals surface area contributed by atoms with Crippen molar-refractivity contribution < 1.29 is 18.7 Å². The molecule has 154 valence electrons. The Morgan fingerprint density at radius 2 is 1.93 bits per heavy atom. The lowest BCUT2D eigenvalue weighted by atomic mass is 10.1. The fourth-order valence-corrected chi connectivity index (χ4v) is 3.53. The largest absolute Gasteiger partial charge is 0.465 e. The molecule has 1 heterocycles. The van der Waals surface area contributed by atoms with Gasteiger partial charge in [0.15, 0.2) is 0 Å². The Morgan fingerprint density at radius 3 is 2.59 bits per heavy atom. The summed E-state index contributed by atoms with van der Waals surface area (Å²) >= 11 is 5.87. The fourth-order valence-electron chi connectivity index (χ4n) is 3.36. The molecule has 0 aromatic heterocycles. The number of nitrogens with one attached hydrogen (secondary N) is 1. The monoisotopic (exact) mass is 419 g/mol. The number of amides is 1. The van der Waals surface area contributed by atoms with Crippen molar-refractivity contribution in [1.82, 2.24) is 4.90 Å². The van der Waals surface area contributed by atoms with Crippen LogP contribution in [0.1, 0.15) is 17.3 Å². The molecule has 8 heteroatoms. The van der Waals surface area contributed by atoms with E-state index in [1.165, 1.54) is 25.3 Å². The summed E-state index contributed by atoms with van der Waals surface area (Å²) in [6, 6.07) is 11.5. The van der Waals surface area contributed by atoms with Crippen LogP contribution in [0.25, 0.3) is 0 Å². The molecule has 6 nitrogen and oxygen atoms in total. The van der Waals surface area contributed by atoms with Gasteiger partial charge in [0.25, 0.3) is 0 Å². The highest BCUT2D eigenvalue weighted by atomic mass is 35.5. The molecule has 0 spiro atoms. The molecule has 1 aliphatic rings. The van der Waals surface area contributed by atoms with E-state index in [4.69, 9.17) is 16.3 Å². The number of rotatable bonds is 5. The minimum Gasteiger partial charge on any atom is -0.465 e. The predicted octanol–water partition coefficient (Wildman–Crippen LogP) is 3.41. The minimum atomic E-state index is -0.518. The Hall–Kier alpha value is -2.64. The number of halogens is 2. The molecule has 2 aromatic rings. The van der Waals surface area contributed by atoms with Crippen LogP contribution in [0, 0.1) is 5.82 Å². The van der Waals surface area contributed by atoms with Gasteiger partial charge in [-0.25, -0.2) is 9.18 Å². The molecule has 1 atom stereocenters. The highest BCUT2D eigenvalue weighted by Gasteiger charge is 2.26. The van der Waals surface area contributed by atoms with Crippen molar-refractivity contribution in [3.8, 4) is 0 Å². The standard InChI is InChI=1S/C21H23ClFN3O3/c1-14-12-26(17-6-3-15(4-7-17)21(28)29-2)10-9-25(14)13-20(27)24-19-11-16(22)5-8-18(19)23/h3-8,11,14H,9-10,12-13H2,1-2H3,(H,24,27). The number of hydrogen-bond donors (Lipinski definition) is 1. The van der Waals surface area contributed by atoms with E-state index in [1.807, 2.05) is 19.1 Å². The maximum atomic E-state index is 13.8. The first-order valence-corrected chi connectivity index (χ1v) is 9.67. The number of hydrogen-bond acceptors (Lipinski definition) is 5. The van der Waals surface area contributed by atoms with Gasteiger partial charge in [0, 0.05) is 36.4 Å². The first-order chi connectivity index (χ1) is 13.9. The number of carbonyl (C=O) groups is 2. The fraction of sp³-hybridized carbons (Fsp3) is 0.333. The third-order valence-electron chi connectivity index (χ3n) is 4.97. The zero-order valence-electron chi connectivity index (χ0n) is 16.3. The van der Waals surface area contributed by atoms with E-state index in [0.717, 1.165) is 18.8 Å². The maximum Gasteiger partial charge on any atom is 0.337 e. The Kier molecular flexibility index (Phi) is 6.71. The van der Waals surface area contributed by atoms with E-state index in [-0.39, 0.29) is 30.2 Å². The van der Waals surface area contributed by atoms with Crippen molar-refractivity contribution in [2.24, 2.45) is 0 Å². The van der Waals surface area contributed by atoms with Gasteiger partial charge in [-0.15, -0.1) is 0 Å². The summed E-state index contributed by atoms with van der Waals surface area (Å²) in [6.07, 6.45) is 0. The van der Waals surface area contributed by atoms with Gasteiger partial charge in [-0.3, -0.25) is 9.69 Å². The molecule has 29 heavy (non-hydrogen) atoms. The van der Waals surface area contributed by atoms with Gasteiger partial charge < -0.3 is 15.0 Å². The molecule has 3 rings (SSSR count). The van der Waals surface area contributed by atoms with Crippen molar-refractivity contribution >= 4 is 34.9 Å². The average Bonchev–Trinajstić information content (AvgIpc) is 2.71. The number of nitrogens with zero attached hydrogens (tertiary/aromatic N) is 2. The SMILES string of the molecule is COC(=O)c1ccc(N2CCN(CC(=O)Nc3cc(Cl)ccc3F)C(C)C2)cc1. The summed E-state index contributed by atoms with van der Waals surface area (Å²) in [5, 5.41) is 2.95. The lowest BCUT2D eigenvalue weighted by Gasteiger charge is -2.40. The van der Waals surface area contributed by atoms with Crippen LogP contribution in [0.4, 0.5) is 15.8 Å². The van der Waals surface area contributed by atoms with E-state index in [0.29, 0.717) is 17.1 Å². The third-order valence-corrected chi connectivity index (χ3v) is 5.20. The summed E-state index contributed by atoms with van der Waals surface area (Å²) in [6.45, 7) is 4.37. The zero-order valence-corrected chi connectivity index (χ0v) is 17.1. The topological polar surface area (TPSA) is 61.9 Å². The lowest BCUT2D eigenvalue weighted by Crippen LogP contribution is -2.53. The van der Waals surface area contributed by atoms with Crippen molar-refractivity contribution in [3.05, 3.63) is 58.9 Å². The minimum absolute atomic E-state index is 0.0829. The van der Waals surface area contributed by atoms with Crippen LogP contribution in [-0.2, 0) is 9.53 Å². The summed E-state index contributed by atoms with van der Waals surface area (Å²) in [4.78, 5) is 28.2. The first-order valence-electron chi connectivity index (χ1n) is 9.29. The highest BCUT2D eigenvalue weighted by Crippen LogP contribution is 2.22. The van der Waals surface area contributed by atoms with E-state index >= 15 is 0 Å². The number of anilines is 2. The lowest BCUT2D eigenvalue weighted by molar-refractivity contribution is -0.117. The van der Waals surface area contributed by atoms with Crippen LogP contribution in [0.5, 0.6) is 0 Å².